The monoisotopic (exact) mass is 304 g/mol. The molecule has 0 saturated heterocycles. The minimum atomic E-state index is -0.0285. The van der Waals surface area contributed by atoms with Crippen LogP contribution >= 0.6 is 11.8 Å². The maximum absolute atomic E-state index is 11.3. The van der Waals surface area contributed by atoms with E-state index in [2.05, 4.69) is 22.7 Å². The second kappa shape index (κ2) is 6.80. The first kappa shape index (κ1) is 15.6. The minimum absolute atomic E-state index is 0.0285. The van der Waals surface area contributed by atoms with Crippen LogP contribution < -0.4 is 10.2 Å². The third-order valence-electron chi connectivity index (χ3n) is 3.50. The molecule has 5 heteroatoms. The van der Waals surface area contributed by atoms with E-state index in [1.807, 2.05) is 32.2 Å². The molecule has 112 valence electrons. The molecule has 1 amide bonds. The Kier molecular flexibility index (Phi) is 5.07. The molecule has 0 bridgehead atoms. The van der Waals surface area contributed by atoms with E-state index < -0.39 is 0 Å². The van der Waals surface area contributed by atoms with Crippen LogP contribution in [0.2, 0.25) is 0 Å². The fourth-order valence-electron chi connectivity index (χ4n) is 2.26. The lowest BCUT2D eigenvalue weighted by molar-refractivity contribution is -0.121. The van der Waals surface area contributed by atoms with Crippen LogP contribution in [-0.4, -0.2) is 25.0 Å². The summed E-state index contributed by atoms with van der Waals surface area (Å²) >= 11 is 1.68. The van der Waals surface area contributed by atoms with E-state index in [-0.39, 0.29) is 11.8 Å². The number of rotatable bonds is 4. The largest absolute Gasteiger partial charge is 0.496 e. The number of thioether (sulfide) groups is 1. The van der Waals surface area contributed by atoms with Gasteiger partial charge in [0.25, 0.3) is 0 Å². The van der Waals surface area contributed by atoms with Crippen molar-refractivity contribution in [2.75, 3.05) is 13.4 Å². The van der Waals surface area contributed by atoms with Gasteiger partial charge in [-0.15, -0.1) is 11.8 Å². The predicted octanol–water partition coefficient (Wildman–Crippen LogP) is 3.33. The molecule has 1 heterocycles. The first-order valence-electron chi connectivity index (χ1n) is 6.82. The zero-order chi connectivity index (χ0) is 15.4. The number of amides is 1. The maximum Gasteiger partial charge on any atom is 0.240 e. The summed E-state index contributed by atoms with van der Waals surface area (Å²) in [6.45, 7) is 4.04. The zero-order valence-corrected chi connectivity index (χ0v) is 13.6. The van der Waals surface area contributed by atoms with Crippen LogP contribution in [0.3, 0.4) is 0 Å². The number of nitrogens with zero attached hydrogens (tertiary/aromatic N) is 1. The molecule has 0 fully saturated rings. The Morgan fingerprint density at radius 2 is 2.29 bits per heavy atom. The summed E-state index contributed by atoms with van der Waals surface area (Å²) in [5, 5.41) is 4.14. The summed E-state index contributed by atoms with van der Waals surface area (Å²) in [5.41, 5.74) is 5.54. The number of hydrogen-bond acceptors (Lipinski definition) is 4. The molecular weight excluding hydrogens is 284 g/mol. The molecule has 4 nitrogen and oxygen atoms in total. The minimum Gasteiger partial charge on any atom is -0.496 e. The van der Waals surface area contributed by atoms with Crippen molar-refractivity contribution in [2.45, 2.75) is 25.2 Å². The number of allylic oxidation sites excluding steroid dienone is 2. The summed E-state index contributed by atoms with van der Waals surface area (Å²) in [6.07, 6.45) is 4.53. The predicted molar refractivity (Wildman–Crippen MR) is 87.8 cm³/mol. The van der Waals surface area contributed by atoms with Gasteiger partial charge in [0.15, 0.2) is 0 Å². The summed E-state index contributed by atoms with van der Waals surface area (Å²) in [5.74, 6) is 0.952. The Balaban J connectivity index is 2.33. The Hall–Kier alpha value is -1.75. The van der Waals surface area contributed by atoms with Crippen LogP contribution in [0, 0.1) is 5.92 Å². The second-order valence-corrected chi connectivity index (χ2v) is 5.95. The molecule has 1 aliphatic heterocycles. The quantitative estimate of drug-likeness (QED) is 0.868. The van der Waals surface area contributed by atoms with Crippen LogP contribution in [0.1, 0.15) is 25.8 Å². The number of benzene rings is 1. The van der Waals surface area contributed by atoms with Crippen molar-refractivity contribution in [1.82, 2.24) is 5.43 Å². The van der Waals surface area contributed by atoms with Gasteiger partial charge in [0, 0.05) is 22.8 Å². The molecule has 21 heavy (non-hydrogen) atoms. The molecule has 0 saturated carbocycles. The molecule has 1 aliphatic rings. The van der Waals surface area contributed by atoms with Crippen LogP contribution in [0.15, 0.2) is 34.3 Å². The zero-order valence-electron chi connectivity index (χ0n) is 12.8. The van der Waals surface area contributed by atoms with E-state index in [0.717, 1.165) is 22.6 Å². The van der Waals surface area contributed by atoms with E-state index >= 15 is 0 Å². The fourth-order valence-corrected chi connectivity index (χ4v) is 2.69. The number of methoxy groups -OCH3 is 1. The lowest BCUT2D eigenvalue weighted by atomic mass is 9.96. The lowest BCUT2D eigenvalue weighted by Gasteiger charge is -2.17. The van der Waals surface area contributed by atoms with Crippen molar-refractivity contribution in [2.24, 2.45) is 11.0 Å². The third-order valence-corrected chi connectivity index (χ3v) is 4.23. The third kappa shape index (κ3) is 3.67. The molecule has 1 aromatic rings. The maximum atomic E-state index is 11.3. The fraction of sp³-hybridized carbons (Fsp3) is 0.375. The van der Waals surface area contributed by atoms with Gasteiger partial charge in [0.2, 0.25) is 5.91 Å². The average Bonchev–Trinajstić information content (AvgIpc) is 2.49. The normalized spacial score (nSPS) is 19.0. The van der Waals surface area contributed by atoms with Gasteiger partial charge in [-0.3, -0.25) is 4.79 Å². The van der Waals surface area contributed by atoms with Crippen molar-refractivity contribution >= 4 is 29.0 Å². The van der Waals surface area contributed by atoms with Gasteiger partial charge in [-0.2, -0.15) is 5.10 Å². The van der Waals surface area contributed by atoms with E-state index in [9.17, 15) is 4.79 Å². The second-order valence-electron chi connectivity index (χ2n) is 5.07. The molecule has 0 aromatic heterocycles. The van der Waals surface area contributed by atoms with Gasteiger partial charge >= 0.3 is 0 Å². The van der Waals surface area contributed by atoms with E-state index in [0.29, 0.717) is 6.42 Å². The van der Waals surface area contributed by atoms with Gasteiger partial charge in [-0.1, -0.05) is 6.92 Å². The molecule has 0 aliphatic carbocycles. The smallest absolute Gasteiger partial charge is 0.240 e. The topological polar surface area (TPSA) is 50.7 Å². The Labute approximate surface area is 129 Å². The number of hydrazone groups is 1. The number of carbonyl (C=O) groups excluding carboxylic acids is 1. The molecular formula is C16H20N2O2S. The van der Waals surface area contributed by atoms with Crippen molar-refractivity contribution in [3.63, 3.8) is 0 Å². The summed E-state index contributed by atoms with van der Waals surface area (Å²) in [7, 11) is 1.68. The Morgan fingerprint density at radius 1 is 1.52 bits per heavy atom. The van der Waals surface area contributed by atoms with Crippen molar-refractivity contribution in [1.29, 1.82) is 0 Å². The van der Waals surface area contributed by atoms with Gasteiger partial charge in [0.05, 0.1) is 12.8 Å². The molecule has 1 unspecified atom stereocenters. The van der Waals surface area contributed by atoms with E-state index in [4.69, 9.17) is 4.74 Å². The standard InChI is InChI=1S/C16H20N2O2S/c1-10(7-14-11(2)8-16(19)18-17-14)13-6-5-12(21-4)9-15(13)20-3/h5-7,9,11H,8H2,1-4H3,(H,18,19). The van der Waals surface area contributed by atoms with Crippen LogP contribution in [0.5, 0.6) is 5.75 Å². The Morgan fingerprint density at radius 3 is 2.90 bits per heavy atom. The molecule has 2 rings (SSSR count). The van der Waals surface area contributed by atoms with Crippen LogP contribution in [-0.2, 0) is 4.79 Å². The number of hydrogen-bond donors (Lipinski definition) is 1. The molecule has 1 N–H and O–H groups in total. The van der Waals surface area contributed by atoms with Gasteiger partial charge in [0.1, 0.15) is 5.75 Å². The van der Waals surface area contributed by atoms with Gasteiger partial charge < -0.3 is 4.74 Å². The highest BCUT2D eigenvalue weighted by Crippen LogP contribution is 2.30. The first-order valence-corrected chi connectivity index (χ1v) is 8.04. The van der Waals surface area contributed by atoms with Crippen LogP contribution in [0.4, 0.5) is 0 Å². The summed E-state index contributed by atoms with van der Waals surface area (Å²) in [4.78, 5) is 12.5. The van der Waals surface area contributed by atoms with Gasteiger partial charge in [-0.05, 0) is 43.0 Å². The molecule has 0 radical (unpaired) electrons. The average molecular weight is 304 g/mol. The van der Waals surface area contributed by atoms with Gasteiger partial charge in [-0.25, -0.2) is 5.43 Å². The number of carbonyl (C=O) groups is 1. The highest BCUT2D eigenvalue weighted by molar-refractivity contribution is 7.98. The highest BCUT2D eigenvalue weighted by atomic mass is 32.2. The van der Waals surface area contributed by atoms with E-state index in [1.165, 1.54) is 4.90 Å². The molecule has 0 spiro atoms. The summed E-state index contributed by atoms with van der Waals surface area (Å²) in [6, 6.07) is 6.17. The van der Waals surface area contributed by atoms with Crippen molar-refractivity contribution in [3.05, 3.63) is 29.8 Å². The molecule has 1 aromatic carbocycles. The SMILES string of the molecule is COc1cc(SC)ccc1C(C)=CC1=NNC(=O)CC1C. The van der Waals surface area contributed by atoms with E-state index in [1.54, 1.807) is 18.9 Å². The summed E-state index contributed by atoms with van der Waals surface area (Å²) < 4.78 is 5.48. The number of ether oxygens (including phenoxy) is 1. The van der Waals surface area contributed by atoms with Crippen molar-refractivity contribution < 1.29 is 9.53 Å². The van der Waals surface area contributed by atoms with Crippen LogP contribution in [0.25, 0.3) is 5.57 Å². The number of nitrogens with one attached hydrogen (secondary N) is 1. The highest BCUT2D eigenvalue weighted by Gasteiger charge is 2.19. The first-order chi connectivity index (χ1) is 10.0. The molecule has 1 atom stereocenters. The Bertz CT molecular complexity index is 608. The van der Waals surface area contributed by atoms with Crippen molar-refractivity contribution in [3.8, 4) is 5.75 Å². The lowest BCUT2D eigenvalue weighted by Crippen LogP contribution is -2.30.